The third kappa shape index (κ3) is 9.84. The van der Waals surface area contributed by atoms with Gasteiger partial charge in [0.15, 0.2) is 0 Å². The molecule has 0 aromatic carbocycles. The van der Waals surface area contributed by atoms with Crippen LogP contribution in [0.5, 0.6) is 0 Å². The molecule has 2 saturated heterocycles. The molecule has 12 heteroatoms. The van der Waals surface area contributed by atoms with Crippen molar-refractivity contribution in [2.75, 3.05) is 69.4 Å². The topological polar surface area (TPSA) is 120 Å². The molecule has 47 heavy (non-hydrogen) atoms. The third-order valence-electron chi connectivity index (χ3n) is 9.17. The van der Waals surface area contributed by atoms with Gasteiger partial charge in [0.25, 0.3) is 0 Å². The summed E-state index contributed by atoms with van der Waals surface area (Å²) in [4.78, 5) is 35.3. The van der Waals surface area contributed by atoms with E-state index in [0.717, 1.165) is 86.6 Å². The van der Waals surface area contributed by atoms with Gasteiger partial charge >= 0.3 is 5.97 Å². The summed E-state index contributed by atoms with van der Waals surface area (Å²) in [5, 5.41) is 3.39. The van der Waals surface area contributed by atoms with Crippen LogP contribution in [0.25, 0.3) is 11.0 Å². The second-order valence-corrected chi connectivity index (χ2v) is 14.3. The van der Waals surface area contributed by atoms with Crippen LogP contribution in [0, 0.1) is 12.3 Å². The monoisotopic (exact) mass is 650 g/mol. The lowest BCUT2D eigenvalue weighted by Crippen LogP contribution is -2.47. The second kappa shape index (κ2) is 15.7. The molecule has 2 aliphatic heterocycles. The first-order chi connectivity index (χ1) is 22.5. The quantitative estimate of drug-likeness (QED) is 0.171. The molecule has 0 radical (unpaired) electrons. The minimum absolute atomic E-state index is 0.00738. The Morgan fingerprint density at radius 1 is 0.957 bits per heavy atom. The van der Waals surface area contributed by atoms with Gasteiger partial charge in [-0.05, 0) is 105 Å². The zero-order valence-corrected chi connectivity index (χ0v) is 29.3. The first-order valence-electron chi connectivity index (χ1n) is 17.3. The molecule has 0 atom stereocenters. The van der Waals surface area contributed by atoms with Gasteiger partial charge in [0, 0.05) is 57.8 Å². The van der Waals surface area contributed by atoms with Crippen molar-refractivity contribution in [2.24, 2.45) is 5.41 Å². The predicted octanol–water partition coefficient (Wildman–Crippen LogP) is 5.69. The van der Waals surface area contributed by atoms with Gasteiger partial charge in [-0.25, -0.2) is 19.7 Å². The molecule has 3 aromatic rings. The maximum absolute atomic E-state index is 11.7. The average molecular weight is 651 g/mol. The van der Waals surface area contributed by atoms with Crippen molar-refractivity contribution in [3.8, 4) is 0 Å². The van der Waals surface area contributed by atoms with E-state index in [1.54, 1.807) is 0 Å². The Bertz CT molecular complexity index is 1450. The van der Waals surface area contributed by atoms with Gasteiger partial charge in [0.2, 0.25) is 5.95 Å². The summed E-state index contributed by atoms with van der Waals surface area (Å²) in [7, 11) is 0. The van der Waals surface area contributed by atoms with Crippen LogP contribution >= 0.6 is 0 Å². The molecule has 1 N–H and O–H groups in total. The van der Waals surface area contributed by atoms with E-state index in [1.807, 2.05) is 46.2 Å². The second-order valence-electron chi connectivity index (χ2n) is 14.3. The van der Waals surface area contributed by atoms with Gasteiger partial charge in [-0.3, -0.25) is 0 Å². The minimum atomic E-state index is -0.480. The van der Waals surface area contributed by atoms with Gasteiger partial charge in [0.05, 0.1) is 11.7 Å². The number of pyridine rings is 1. The molecular weight excluding hydrogens is 596 g/mol. The Balaban J connectivity index is 0.983. The smallest absolute Gasteiger partial charge is 0.332 e. The maximum atomic E-state index is 11.7. The number of esters is 1. The summed E-state index contributed by atoms with van der Waals surface area (Å²) in [6.07, 6.45) is 10.3. The van der Waals surface area contributed by atoms with E-state index >= 15 is 0 Å². The van der Waals surface area contributed by atoms with E-state index in [4.69, 9.17) is 19.2 Å². The van der Waals surface area contributed by atoms with Crippen LogP contribution in [0.15, 0.2) is 24.5 Å². The number of carbonyl (C=O) groups excluding carboxylic acids is 1. The fourth-order valence-corrected chi connectivity index (χ4v) is 6.75. The van der Waals surface area contributed by atoms with E-state index in [-0.39, 0.29) is 12.6 Å². The number of carbonyl (C=O) groups is 1. The van der Waals surface area contributed by atoms with Crippen LogP contribution in [-0.4, -0.2) is 100 Å². The first kappa shape index (κ1) is 35.0. The van der Waals surface area contributed by atoms with Crippen molar-refractivity contribution >= 4 is 34.6 Å². The van der Waals surface area contributed by atoms with E-state index in [0.29, 0.717) is 24.7 Å². The lowest BCUT2D eigenvalue weighted by molar-refractivity contribution is -0.160. The van der Waals surface area contributed by atoms with E-state index in [1.165, 1.54) is 25.7 Å². The Morgan fingerprint density at radius 3 is 2.38 bits per heavy atom. The summed E-state index contributed by atoms with van der Waals surface area (Å²) in [5.74, 6) is 2.94. The fraction of sp³-hybridized carbons (Fsp3) is 0.686. The number of anilines is 3. The molecule has 5 rings (SSSR count). The molecule has 2 fully saturated rings. The number of rotatable bonds is 14. The number of ether oxygens (including phenoxy) is 3. The van der Waals surface area contributed by atoms with Crippen molar-refractivity contribution in [2.45, 2.75) is 91.7 Å². The van der Waals surface area contributed by atoms with Crippen LogP contribution < -0.4 is 10.2 Å². The molecule has 1 spiro atoms. The van der Waals surface area contributed by atoms with E-state index in [2.05, 4.69) is 54.5 Å². The van der Waals surface area contributed by atoms with E-state index in [9.17, 15) is 4.79 Å². The third-order valence-corrected chi connectivity index (χ3v) is 9.17. The number of aromatic nitrogens is 5. The molecule has 12 nitrogen and oxygen atoms in total. The highest BCUT2D eigenvalue weighted by Gasteiger charge is 2.38. The van der Waals surface area contributed by atoms with Crippen LogP contribution in [0.3, 0.4) is 0 Å². The van der Waals surface area contributed by atoms with Gasteiger partial charge in [-0.2, -0.15) is 4.98 Å². The van der Waals surface area contributed by atoms with Crippen molar-refractivity contribution in [1.29, 1.82) is 0 Å². The van der Waals surface area contributed by atoms with Crippen LogP contribution in [0.2, 0.25) is 0 Å². The molecule has 2 aliphatic rings. The SMILES string of the molecule is Cc1nc2cnc(Nc3ccnc(N4CCC5(CCN(CCCOCCCOCC(=O)OC(C)(C)C)CC5)CC4)n3)cc2n1C(C)C. The zero-order valence-electron chi connectivity index (χ0n) is 29.3. The minimum Gasteiger partial charge on any atom is -0.458 e. The highest BCUT2D eigenvalue weighted by molar-refractivity contribution is 5.79. The van der Waals surface area contributed by atoms with Gasteiger partial charge in [-0.15, -0.1) is 0 Å². The predicted molar refractivity (Wildman–Crippen MR) is 184 cm³/mol. The molecule has 5 heterocycles. The normalized spacial score (nSPS) is 17.1. The number of fused-ring (bicyclic) bond motifs is 1. The molecular formula is C35H54N8O4. The summed E-state index contributed by atoms with van der Waals surface area (Å²) in [5.41, 5.74) is 1.92. The number of likely N-dealkylation sites (tertiary alicyclic amines) is 1. The average Bonchev–Trinajstić information content (AvgIpc) is 3.36. The number of hydrogen-bond donors (Lipinski definition) is 1. The Hall–Kier alpha value is -3.35. The molecule has 0 unspecified atom stereocenters. The van der Waals surface area contributed by atoms with Gasteiger partial charge < -0.3 is 33.9 Å². The van der Waals surface area contributed by atoms with Gasteiger partial charge in [-0.1, -0.05) is 0 Å². The molecule has 0 bridgehead atoms. The standard InChI is InChI=1S/C35H54N8O4/c1-26(2)43-27(3)38-28-24-37-31(23-29(28)43)39-30-9-14-36-33(40-30)42-18-12-35(13-19-42)10-16-41(17-11-35)15-7-20-45-21-8-22-46-25-32(44)47-34(4,5)6/h9,14,23-24,26H,7-8,10-13,15-22,25H2,1-6H3,(H,36,37,39,40). The molecule has 3 aromatic heterocycles. The van der Waals surface area contributed by atoms with Gasteiger partial charge in [0.1, 0.15) is 35.2 Å². The largest absolute Gasteiger partial charge is 0.458 e. The molecule has 0 amide bonds. The van der Waals surface area contributed by atoms with Crippen LogP contribution in [0.1, 0.15) is 85.0 Å². The zero-order chi connectivity index (χ0) is 33.4. The molecule has 0 saturated carbocycles. The summed E-state index contributed by atoms with van der Waals surface area (Å²) >= 11 is 0. The number of aryl methyl sites for hydroxylation is 1. The van der Waals surface area contributed by atoms with Crippen LogP contribution in [0.4, 0.5) is 17.6 Å². The number of nitrogens with zero attached hydrogens (tertiary/aromatic N) is 7. The lowest BCUT2D eigenvalue weighted by Gasteiger charge is -2.47. The van der Waals surface area contributed by atoms with Crippen molar-refractivity contribution in [3.05, 3.63) is 30.4 Å². The fourth-order valence-electron chi connectivity index (χ4n) is 6.75. The highest BCUT2D eigenvalue weighted by Crippen LogP contribution is 2.41. The van der Waals surface area contributed by atoms with E-state index < -0.39 is 5.60 Å². The molecule has 258 valence electrons. The molecule has 0 aliphatic carbocycles. The number of piperidine rings is 2. The lowest BCUT2D eigenvalue weighted by atomic mass is 9.71. The number of nitrogens with one attached hydrogen (secondary N) is 1. The Kier molecular flexibility index (Phi) is 11.7. The number of imidazole rings is 1. The van der Waals surface area contributed by atoms with Crippen molar-refractivity contribution in [1.82, 2.24) is 29.4 Å². The summed E-state index contributed by atoms with van der Waals surface area (Å²) in [6.45, 7) is 19.2. The maximum Gasteiger partial charge on any atom is 0.332 e. The van der Waals surface area contributed by atoms with Crippen molar-refractivity contribution < 1.29 is 19.0 Å². The highest BCUT2D eigenvalue weighted by atomic mass is 16.6. The Labute approximate surface area is 279 Å². The first-order valence-corrected chi connectivity index (χ1v) is 17.3. The summed E-state index contributed by atoms with van der Waals surface area (Å²) in [6, 6.07) is 4.27. The number of hydrogen-bond acceptors (Lipinski definition) is 11. The van der Waals surface area contributed by atoms with Crippen molar-refractivity contribution in [3.63, 3.8) is 0 Å². The Morgan fingerprint density at radius 2 is 1.66 bits per heavy atom. The summed E-state index contributed by atoms with van der Waals surface area (Å²) < 4.78 is 18.7. The van der Waals surface area contributed by atoms with Crippen LogP contribution in [-0.2, 0) is 19.0 Å².